The molecule has 1 heterocycles. The molecule has 88 valence electrons. The normalized spacial score (nSPS) is 25.2. The first-order chi connectivity index (χ1) is 6.81. The number of nitrogens with two attached hydrogens (primary N) is 1. The Kier molecular flexibility index (Phi) is 3.86. The van der Waals surface area contributed by atoms with Crippen LogP contribution in [0.1, 0.15) is 33.6 Å². The summed E-state index contributed by atoms with van der Waals surface area (Å²) in [5.74, 6) is -0.334. The van der Waals surface area contributed by atoms with Crippen molar-refractivity contribution in [2.75, 3.05) is 6.54 Å². The molecule has 1 saturated heterocycles. The Morgan fingerprint density at radius 2 is 2.13 bits per heavy atom. The van der Waals surface area contributed by atoms with Crippen molar-refractivity contribution in [2.45, 2.75) is 45.3 Å². The molecular formula is C9H18N2O3S. The molecule has 0 saturated carbocycles. The van der Waals surface area contributed by atoms with Gasteiger partial charge in [-0.05, 0) is 33.6 Å². The molecule has 0 aromatic carbocycles. The minimum absolute atomic E-state index is 0.334. The molecule has 0 aliphatic carbocycles. The van der Waals surface area contributed by atoms with Crippen molar-refractivity contribution < 1.29 is 13.7 Å². The first-order valence-corrected chi connectivity index (χ1v) is 6.14. The molecule has 0 radical (unpaired) electrons. The first kappa shape index (κ1) is 12.6. The molecule has 15 heavy (non-hydrogen) atoms. The van der Waals surface area contributed by atoms with Crippen LogP contribution in [0.5, 0.6) is 0 Å². The van der Waals surface area contributed by atoms with Gasteiger partial charge < -0.3 is 4.74 Å². The van der Waals surface area contributed by atoms with E-state index in [1.807, 2.05) is 20.8 Å². The monoisotopic (exact) mass is 234 g/mol. The third kappa shape index (κ3) is 3.55. The molecule has 0 amide bonds. The molecule has 1 rings (SSSR count). The van der Waals surface area contributed by atoms with Gasteiger partial charge >= 0.3 is 5.97 Å². The van der Waals surface area contributed by atoms with Crippen LogP contribution in [-0.4, -0.2) is 32.7 Å². The van der Waals surface area contributed by atoms with E-state index in [1.54, 1.807) is 0 Å². The van der Waals surface area contributed by atoms with E-state index in [1.165, 1.54) is 4.31 Å². The Balaban J connectivity index is 2.63. The van der Waals surface area contributed by atoms with Gasteiger partial charge in [-0.25, -0.2) is 9.35 Å². The summed E-state index contributed by atoms with van der Waals surface area (Å²) in [6.45, 7) is 6.02. The van der Waals surface area contributed by atoms with Gasteiger partial charge in [0.2, 0.25) is 0 Å². The van der Waals surface area contributed by atoms with E-state index in [9.17, 15) is 9.00 Å². The summed E-state index contributed by atoms with van der Waals surface area (Å²) in [6.07, 6.45) is 1.49. The molecule has 1 fully saturated rings. The summed E-state index contributed by atoms with van der Waals surface area (Å²) >= 11 is -1.59. The Labute approximate surface area is 92.7 Å². The fraction of sp³-hybridized carbons (Fsp3) is 0.889. The van der Waals surface area contributed by atoms with Crippen molar-refractivity contribution in [3.8, 4) is 0 Å². The number of rotatable bonds is 2. The van der Waals surface area contributed by atoms with Gasteiger partial charge in [-0.15, -0.1) is 0 Å². The van der Waals surface area contributed by atoms with E-state index in [0.29, 0.717) is 13.0 Å². The van der Waals surface area contributed by atoms with Crippen LogP contribution in [0.3, 0.4) is 0 Å². The van der Waals surface area contributed by atoms with Crippen molar-refractivity contribution in [1.82, 2.24) is 4.31 Å². The number of ether oxygens (including phenoxy) is 1. The lowest BCUT2D eigenvalue weighted by molar-refractivity contribution is -0.158. The average molecular weight is 234 g/mol. The standard InChI is InChI=1S/C9H18N2O3S/c1-9(2,3)14-8(12)7-5-4-6-11(7)15(10)13/h7H,4-6,10H2,1-3H3. The van der Waals surface area contributed by atoms with Gasteiger partial charge in [0.05, 0.1) is 0 Å². The third-order valence-electron chi connectivity index (χ3n) is 2.11. The fourth-order valence-corrected chi connectivity index (χ4v) is 2.31. The van der Waals surface area contributed by atoms with Crippen LogP contribution in [0, 0.1) is 0 Å². The Morgan fingerprint density at radius 3 is 2.60 bits per heavy atom. The van der Waals surface area contributed by atoms with Crippen LogP contribution in [0.25, 0.3) is 0 Å². The number of nitrogens with zero attached hydrogens (tertiary/aromatic N) is 1. The van der Waals surface area contributed by atoms with Gasteiger partial charge in [0, 0.05) is 6.54 Å². The van der Waals surface area contributed by atoms with Crippen molar-refractivity contribution in [2.24, 2.45) is 5.14 Å². The first-order valence-electron chi connectivity index (χ1n) is 4.97. The second kappa shape index (κ2) is 4.59. The number of hydrogen-bond acceptors (Lipinski definition) is 3. The van der Waals surface area contributed by atoms with Crippen LogP contribution in [0.2, 0.25) is 0 Å². The van der Waals surface area contributed by atoms with Gasteiger partial charge in [-0.3, -0.25) is 4.79 Å². The molecule has 2 N–H and O–H groups in total. The van der Waals surface area contributed by atoms with Gasteiger partial charge in [0.15, 0.2) is 11.2 Å². The van der Waals surface area contributed by atoms with Crippen LogP contribution in [0.4, 0.5) is 0 Å². The zero-order valence-corrected chi connectivity index (χ0v) is 10.2. The second-order valence-electron chi connectivity index (χ2n) is 4.61. The molecule has 2 atom stereocenters. The molecule has 0 aromatic heterocycles. The highest BCUT2D eigenvalue weighted by molar-refractivity contribution is 7.80. The van der Waals surface area contributed by atoms with E-state index in [-0.39, 0.29) is 5.97 Å². The average Bonchev–Trinajstić information content (AvgIpc) is 2.47. The van der Waals surface area contributed by atoms with E-state index in [2.05, 4.69) is 0 Å². The van der Waals surface area contributed by atoms with E-state index >= 15 is 0 Å². The van der Waals surface area contributed by atoms with Gasteiger partial charge in [-0.2, -0.15) is 4.31 Å². The molecule has 5 nitrogen and oxygen atoms in total. The van der Waals surface area contributed by atoms with Crippen molar-refractivity contribution in [3.63, 3.8) is 0 Å². The minimum atomic E-state index is -1.59. The highest BCUT2D eigenvalue weighted by atomic mass is 32.2. The van der Waals surface area contributed by atoms with Gasteiger partial charge in [0.1, 0.15) is 11.6 Å². The van der Waals surface area contributed by atoms with Gasteiger partial charge in [-0.1, -0.05) is 0 Å². The van der Waals surface area contributed by atoms with E-state index in [4.69, 9.17) is 9.88 Å². The van der Waals surface area contributed by atoms with Crippen LogP contribution < -0.4 is 5.14 Å². The maximum absolute atomic E-state index is 11.7. The lowest BCUT2D eigenvalue weighted by Crippen LogP contribution is -2.43. The van der Waals surface area contributed by atoms with Crippen LogP contribution >= 0.6 is 0 Å². The molecule has 1 aliphatic rings. The molecule has 6 heteroatoms. The van der Waals surface area contributed by atoms with Crippen molar-refractivity contribution in [3.05, 3.63) is 0 Å². The summed E-state index contributed by atoms with van der Waals surface area (Å²) in [5.41, 5.74) is -0.512. The summed E-state index contributed by atoms with van der Waals surface area (Å²) in [7, 11) is 0. The lowest BCUT2D eigenvalue weighted by atomic mass is 10.2. The van der Waals surface area contributed by atoms with Crippen molar-refractivity contribution >= 4 is 17.1 Å². The van der Waals surface area contributed by atoms with Crippen LogP contribution in [-0.2, 0) is 20.7 Å². The number of esters is 1. The molecular weight excluding hydrogens is 216 g/mol. The predicted molar refractivity (Wildman–Crippen MR) is 57.9 cm³/mol. The summed E-state index contributed by atoms with van der Waals surface area (Å²) in [6, 6.07) is -0.449. The van der Waals surface area contributed by atoms with Crippen molar-refractivity contribution in [1.29, 1.82) is 0 Å². The lowest BCUT2D eigenvalue weighted by Gasteiger charge is -2.25. The van der Waals surface area contributed by atoms with Gasteiger partial charge in [0.25, 0.3) is 0 Å². The third-order valence-corrected chi connectivity index (χ3v) is 3.01. The zero-order valence-electron chi connectivity index (χ0n) is 9.36. The summed E-state index contributed by atoms with van der Waals surface area (Å²) < 4.78 is 17.8. The second-order valence-corrected chi connectivity index (χ2v) is 5.63. The number of hydrogen-bond donors (Lipinski definition) is 1. The smallest absolute Gasteiger partial charge is 0.324 e. The predicted octanol–water partition coefficient (Wildman–Crippen LogP) is 0.330. The van der Waals surface area contributed by atoms with E-state index < -0.39 is 22.8 Å². The Morgan fingerprint density at radius 1 is 1.53 bits per heavy atom. The molecule has 2 unspecified atom stereocenters. The maximum atomic E-state index is 11.7. The summed E-state index contributed by atoms with van der Waals surface area (Å²) in [5, 5.41) is 5.28. The summed E-state index contributed by atoms with van der Waals surface area (Å²) in [4.78, 5) is 11.7. The fourth-order valence-electron chi connectivity index (χ4n) is 1.56. The molecule has 1 aliphatic heterocycles. The molecule has 0 bridgehead atoms. The molecule has 0 aromatic rings. The number of carbonyl (C=O) groups excluding carboxylic acids is 1. The minimum Gasteiger partial charge on any atom is -0.459 e. The Hall–Kier alpha value is -0.460. The van der Waals surface area contributed by atoms with Crippen LogP contribution in [0.15, 0.2) is 0 Å². The SMILES string of the molecule is CC(C)(C)OC(=O)C1CCCN1S(N)=O. The Bertz CT molecular complexity index is 275. The number of carbonyl (C=O) groups is 1. The highest BCUT2D eigenvalue weighted by Gasteiger charge is 2.36. The maximum Gasteiger partial charge on any atom is 0.324 e. The highest BCUT2D eigenvalue weighted by Crippen LogP contribution is 2.21. The zero-order chi connectivity index (χ0) is 11.6. The topological polar surface area (TPSA) is 72.6 Å². The largest absolute Gasteiger partial charge is 0.459 e. The quantitative estimate of drug-likeness (QED) is 0.700. The van der Waals surface area contributed by atoms with E-state index in [0.717, 1.165) is 6.42 Å². The molecule has 0 spiro atoms.